The summed E-state index contributed by atoms with van der Waals surface area (Å²) in [6, 6.07) is -2.53. The minimum absolute atomic E-state index is 0.00550. The molecule has 0 aliphatic carbocycles. The molecule has 0 saturated carbocycles. The van der Waals surface area contributed by atoms with E-state index in [0.29, 0.717) is 39.6 Å². The van der Waals surface area contributed by atoms with Crippen molar-refractivity contribution >= 4 is 107 Å². The molecule has 3 rings (SSSR count). The molecule has 0 aromatic rings. The lowest BCUT2D eigenvalue weighted by Crippen LogP contribution is -2.41. The van der Waals surface area contributed by atoms with Crippen molar-refractivity contribution in [1.82, 2.24) is 41.3 Å². The zero-order valence-corrected chi connectivity index (χ0v) is 57.9. The standard InChI is InChI=1S/C23H35N3O12.C22H32N2O11.C19H27N3O10/c27-18(5-8-26-20(29)2-3-21(26)30)24-7-10-36-12-14-38-16-15-37-13-11-35-9-6-19(28)25-17(23(33)34)1-4-22(31)32;25-17(15-16(22(31)32)1-4-21(29)30)6-9-33-11-13-35-14-12-34-10-7-23-18(26)5-8-24-19(27)2-3-20(24)28;23-14(5-8-22-16(25)2-3-17(22)26)20-7-10-32-12-11-31-9-6-15(24)21-13(19(29)30)1-4-18(27)28/h2-3,17H,1,4-16H2,(H,24,27)(H,25,28)(H,31,32)(H,33,34);2-3,16H,1,4-15H2,(H,23,26)(H,29,30)(H,31,32);2-3,13H,1,4-12H2,(H,20,23)(H,21,24)(H,27,28)(H,29,30). The molecule has 3 aliphatic rings. The van der Waals surface area contributed by atoms with Crippen LogP contribution in [-0.2, 0) is 129 Å². The Hall–Kier alpha value is -9.88. The molecule has 0 spiro atoms. The number of Topliss-reactive ketones (excluding diaryl/α,β-unsaturated/α-hetero) is 1. The van der Waals surface area contributed by atoms with Crippen molar-refractivity contribution in [2.45, 2.75) is 95.6 Å². The number of nitrogens with zero attached hydrogens (tertiary/aromatic N) is 3. The maximum Gasteiger partial charge on any atom is 0.326 e. The summed E-state index contributed by atoms with van der Waals surface area (Å²) in [4.78, 5) is 206. The predicted molar refractivity (Wildman–Crippen MR) is 352 cm³/mol. The fourth-order valence-corrected chi connectivity index (χ4v) is 8.36. The third-order valence-corrected chi connectivity index (χ3v) is 13.9. The van der Waals surface area contributed by atoms with Crippen LogP contribution in [0.25, 0.3) is 0 Å². The van der Waals surface area contributed by atoms with E-state index in [1.54, 1.807) is 0 Å². The average Bonchev–Trinajstić information content (AvgIpc) is 1.75. The second-order valence-corrected chi connectivity index (χ2v) is 22.0. The summed E-state index contributed by atoms with van der Waals surface area (Å²) in [5.74, 6) is -13.1. The highest BCUT2D eigenvalue weighted by Crippen LogP contribution is 2.14. The molecule has 0 radical (unpaired) electrons. The van der Waals surface area contributed by atoms with E-state index in [-0.39, 0.29) is 226 Å². The van der Waals surface area contributed by atoms with Gasteiger partial charge in [-0.1, -0.05) is 0 Å². The minimum Gasteiger partial charge on any atom is -0.481 e. The van der Waals surface area contributed by atoms with Gasteiger partial charge in [-0.25, -0.2) is 9.59 Å². The highest BCUT2D eigenvalue weighted by molar-refractivity contribution is 6.14. The van der Waals surface area contributed by atoms with Gasteiger partial charge in [0.25, 0.3) is 35.4 Å². The number of imide groups is 3. The number of carbonyl (C=O) groups is 18. The molecule has 11 N–H and O–H groups in total. The van der Waals surface area contributed by atoms with Gasteiger partial charge in [0.15, 0.2) is 0 Å². The monoisotopic (exact) mass is 1500 g/mol. The number of amides is 11. The largest absolute Gasteiger partial charge is 0.481 e. The van der Waals surface area contributed by atoms with Gasteiger partial charge in [-0.15, -0.1) is 0 Å². The number of rotatable bonds is 61. The summed E-state index contributed by atoms with van der Waals surface area (Å²) in [5.41, 5.74) is 0. The lowest BCUT2D eigenvalue weighted by molar-refractivity contribution is -0.145. The van der Waals surface area contributed by atoms with E-state index in [1.807, 2.05) is 0 Å². The molecular weight excluding hydrogens is 1410 g/mol. The van der Waals surface area contributed by atoms with E-state index in [0.717, 1.165) is 39.0 Å². The van der Waals surface area contributed by atoms with Crippen LogP contribution < -0.4 is 26.6 Å². The van der Waals surface area contributed by atoms with Gasteiger partial charge in [-0.05, 0) is 19.3 Å². The second-order valence-electron chi connectivity index (χ2n) is 22.0. The smallest absolute Gasteiger partial charge is 0.326 e. The molecule has 0 fully saturated rings. The van der Waals surface area contributed by atoms with Gasteiger partial charge >= 0.3 is 35.8 Å². The molecule has 588 valence electrons. The molecule has 11 amide bonds. The Morgan fingerprint density at radius 3 is 0.800 bits per heavy atom. The summed E-state index contributed by atoms with van der Waals surface area (Å²) < 4.78 is 47.5. The van der Waals surface area contributed by atoms with Crippen molar-refractivity contribution in [2.75, 3.05) is 158 Å². The van der Waals surface area contributed by atoms with Gasteiger partial charge in [-0.3, -0.25) is 91.4 Å². The summed E-state index contributed by atoms with van der Waals surface area (Å²) in [5, 5.41) is 65.2. The number of carbonyl (C=O) groups excluding carboxylic acids is 12. The number of nitrogens with one attached hydrogen (secondary N) is 5. The average molecular weight is 1500 g/mol. The molecule has 105 heavy (non-hydrogen) atoms. The maximum atomic E-state index is 11.8. The topological polar surface area (TPSA) is 582 Å². The summed E-state index contributed by atoms with van der Waals surface area (Å²) in [6.07, 6.45) is 5.07. The van der Waals surface area contributed by atoms with E-state index in [9.17, 15) is 86.3 Å². The van der Waals surface area contributed by atoms with E-state index >= 15 is 0 Å². The molecule has 3 heterocycles. The third-order valence-electron chi connectivity index (χ3n) is 13.9. The number of aliphatic carboxylic acids is 6. The molecule has 0 bridgehead atoms. The van der Waals surface area contributed by atoms with Crippen LogP contribution >= 0.6 is 0 Å². The van der Waals surface area contributed by atoms with E-state index in [1.165, 1.54) is 12.2 Å². The first-order valence-electron chi connectivity index (χ1n) is 33.2. The van der Waals surface area contributed by atoms with Crippen molar-refractivity contribution in [2.24, 2.45) is 5.92 Å². The molecule has 3 aliphatic heterocycles. The normalized spacial score (nSPS) is 13.7. The highest BCUT2D eigenvalue weighted by Gasteiger charge is 2.28. The van der Waals surface area contributed by atoms with Crippen LogP contribution in [0, 0.1) is 5.92 Å². The number of ether oxygens (including phenoxy) is 9. The van der Waals surface area contributed by atoms with Crippen molar-refractivity contribution in [3.05, 3.63) is 36.5 Å². The third kappa shape index (κ3) is 48.7. The molecule has 0 aromatic carbocycles. The summed E-state index contributed by atoms with van der Waals surface area (Å²) >= 11 is 0. The Labute approximate surface area is 601 Å². The lowest BCUT2D eigenvalue weighted by atomic mass is 9.96. The quantitative estimate of drug-likeness (QED) is 0.0204. The Balaban J connectivity index is 0.000000790. The van der Waals surface area contributed by atoms with Crippen LogP contribution in [0.15, 0.2) is 36.5 Å². The summed E-state index contributed by atoms with van der Waals surface area (Å²) in [6.45, 7) is 5.09. The maximum absolute atomic E-state index is 11.8. The molecule has 41 heteroatoms. The Kier molecular flexibility index (Phi) is 51.0. The zero-order valence-electron chi connectivity index (χ0n) is 57.9. The number of hydrogen-bond acceptors (Lipinski definition) is 27. The van der Waals surface area contributed by atoms with E-state index in [2.05, 4.69) is 26.6 Å². The van der Waals surface area contributed by atoms with Crippen LogP contribution in [-0.4, -0.2) is 322 Å². The van der Waals surface area contributed by atoms with Crippen LogP contribution in [0.2, 0.25) is 0 Å². The van der Waals surface area contributed by atoms with E-state index in [4.69, 9.17) is 73.3 Å². The Bertz CT molecular complexity index is 2910. The Morgan fingerprint density at radius 2 is 0.543 bits per heavy atom. The van der Waals surface area contributed by atoms with Crippen LogP contribution in [0.4, 0.5) is 0 Å². The van der Waals surface area contributed by atoms with Gasteiger partial charge in [0.2, 0.25) is 29.5 Å². The first-order valence-corrected chi connectivity index (χ1v) is 33.2. The fourth-order valence-electron chi connectivity index (χ4n) is 8.36. The van der Waals surface area contributed by atoms with Crippen LogP contribution in [0.1, 0.15) is 83.5 Å². The molecule has 3 atom stereocenters. The predicted octanol–water partition coefficient (Wildman–Crippen LogP) is -4.03. The molecule has 0 saturated heterocycles. The molecular formula is C64H94N8O33. The van der Waals surface area contributed by atoms with Crippen molar-refractivity contribution in [3.63, 3.8) is 0 Å². The minimum atomic E-state index is -1.31. The molecule has 0 aromatic heterocycles. The van der Waals surface area contributed by atoms with Crippen molar-refractivity contribution < 1.29 is 160 Å². The number of ketones is 1. The molecule has 41 nitrogen and oxygen atoms in total. The van der Waals surface area contributed by atoms with Gasteiger partial charge < -0.3 is 99.9 Å². The van der Waals surface area contributed by atoms with Gasteiger partial charge in [-0.2, -0.15) is 0 Å². The van der Waals surface area contributed by atoms with Gasteiger partial charge in [0.1, 0.15) is 17.9 Å². The van der Waals surface area contributed by atoms with Crippen molar-refractivity contribution in [3.8, 4) is 0 Å². The highest BCUT2D eigenvalue weighted by atomic mass is 16.6. The van der Waals surface area contributed by atoms with E-state index < -0.39 is 101 Å². The fraction of sp³-hybridized carbons (Fsp3) is 0.625. The second kappa shape index (κ2) is 57.5. The number of hydrogen-bond donors (Lipinski definition) is 11. The first kappa shape index (κ1) is 93.1. The lowest BCUT2D eigenvalue weighted by Gasteiger charge is -2.13. The first-order chi connectivity index (χ1) is 50.1. The number of carboxylic acid groups (broad SMARTS) is 6. The zero-order chi connectivity index (χ0) is 78.2. The summed E-state index contributed by atoms with van der Waals surface area (Å²) in [7, 11) is 0. The SMILES string of the molecule is O=C(O)CCC(CC(=O)CCOCCOCCOCCNC(=O)CCN1C(=O)C=CC1=O)C(=O)O.O=C(O)CCC(NC(=O)CCOCCOCCNC(=O)CCN1C(=O)C=CC1=O)C(=O)O.O=C(O)CCC(NC(=O)CCOCCOCCOCCOCCNC(=O)CCN1C(=O)C=CC1=O)C(=O)O. The molecule has 3 unspecified atom stereocenters. The van der Waals surface area contributed by atoms with Crippen LogP contribution in [0.3, 0.4) is 0 Å². The van der Waals surface area contributed by atoms with Crippen molar-refractivity contribution in [1.29, 1.82) is 0 Å². The van der Waals surface area contributed by atoms with Crippen LogP contribution in [0.5, 0.6) is 0 Å². The van der Waals surface area contributed by atoms with Gasteiger partial charge in [0, 0.05) is 140 Å². The number of carboxylic acids is 6. The van der Waals surface area contributed by atoms with Gasteiger partial charge in [0.05, 0.1) is 125 Å². The Morgan fingerprint density at radius 1 is 0.295 bits per heavy atom.